The van der Waals surface area contributed by atoms with Gasteiger partial charge in [-0.25, -0.2) is 4.79 Å². The molecule has 2 amide bonds. The molecule has 2 aliphatic rings. The average Bonchev–Trinajstić information content (AvgIpc) is 3.84. The highest BCUT2D eigenvalue weighted by molar-refractivity contribution is 7.15. The van der Waals surface area contributed by atoms with Gasteiger partial charge in [-0.15, -0.1) is 21.5 Å². The van der Waals surface area contributed by atoms with Gasteiger partial charge in [-0.1, -0.05) is 59.6 Å². The zero-order chi connectivity index (χ0) is 40.7. The number of ether oxygens (including phenoxy) is 1. The Morgan fingerprint density at radius 3 is 2.40 bits per heavy atom. The molecule has 4 N–H and O–H groups in total. The molecule has 0 bridgehead atoms. The number of carbonyl (C=O) groups is 3. The summed E-state index contributed by atoms with van der Waals surface area (Å²) in [4.78, 5) is 47.1. The molecule has 0 saturated heterocycles. The van der Waals surface area contributed by atoms with E-state index >= 15 is 0 Å². The molecule has 3 aromatic carbocycles. The van der Waals surface area contributed by atoms with Crippen LogP contribution in [0.1, 0.15) is 87.3 Å². The SMILES string of the molecule is Cc1sc2c(c1C)C(c1ccc(Cl)cc1)=N[C@@H](CC(=O)NCCC(=O)NCCOC1(c3ccc(-c4cc5c(C(=O)O)c[nH]c5cc4Cl)cc3)CCC1)c1nnc(C)n1-2. The van der Waals surface area contributed by atoms with E-state index in [1.54, 1.807) is 23.5 Å². The number of hydrogen-bond donors (Lipinski definition) is 4. The Kier molecular flexibility index (Phi) is 11.0. The number of benzene rings is 3. The van der Waals surface area contributed by atoms with Crippen LogP contribution in [0.5, 0.6) is 0 Å². The minimum absolute atomic E-state index is 0.0293. The van der Waals surface area contributed by atoms with Crippen molar-refractivity contribution in [1.82, 2.24) is 30.4 Å². The van der Waals surface area contributed by atoms with Crippen LogP contribution in [0.3, 0.4) is 0 Å². The van der Waals surface area contributed by atoms with E-state index in [9.17, 15) is 19.5 Å². The molecule has 298 valence electrons. The molecule has 1 aliphatic carbocycles. The van der Waals surface area contributed by atoms with Crippen LogP contribution >= 0.6 is 34.5 Å². The van der Waals surface area contributed by atoms with Crippen molar-refractivity contribution in [3.63, 3.8) is 0 Å². The summed E-state index contributed by atoms with van der Waals surface area (Å²) < 4.78 is 8.40. The molecule has 15 heteroatoms. The fraction of sp³-hybridized carbons (Fsp3) is 0.302. The van der Waals surface area contributed by atoms with Gasteiger partial charge in [-0.05, 0) is 81.0 Å². The molecular formula is C43H41Cl2N7O5S. The van der Waals surface area contributed by atoms with E-state index in [4.69, 9.17) is 32.9 Å². The molecule has 8 rings (SSSR count). The van der Waals surface area contributed by atoms with Crippen LogP contribution in [-0.4, -0.2) is 68.0 Å². The van der Waals surface area contributed by atoms with E-state index in [2.05, 4.69) is 39.7 Å². The first-order valence-corrected chi connectivity index (χ1v) is 20.7. The number of aromatic amines is 1. The zero-order valence-corrected chi connectivity index (χ0v) is 34.4. The normalized spacial score (nSPS) is 15.5. The lowest BCUT2D eigenvalue weighted by atomic mass is 9.74. The number of rotatable bonds is 13. The Morgan fingerprint density at radius 2 is 1.69 bits per heavy atom. The number of carbonyl (C=O) groups excluding carboxylic acids is 2. The molecule has 1 saturated carbocycles. The van der Waals surface area contributed by atoms with Crippen LogP contribution in [0.25, 0.3) is 27.0 Å². The van der Waals surface area contributed by atoms with Crippen molar-refractivity contribution in [3.05, 3.63) is 121 Å². The Morgan fingerprint density at radius 1 is 0.966 bits per heavy atom. The van der Waals surface area contributed by atoms with Gasteiger partial charge in [-0.2, -0.15) is 0 Å². The number of thiophene rings is 1. The quantitative estimate of drug-likeness (QED) is 0.0849. The number of aryl methyl sites for hydroxylation is 2. The van der Waals surface area contributed by atoms with Crippen LogP contribution in [0.4, 0.5) is 0 Å². The summed E-state index contributed by atoms with van der Waals surface area (Å²) in [6.45, 7) is 6.88. The fourth-order valence-electron chi connectivity index (χ4n) is 7.73. The van der Waals surface area contributed by atoms with Gasteiger partial charge in [0.05, 0.1) is 34.9 Å². The lowest BCUT2D eigenvalue weighted by Crippen LogP contribution is -2.40. The molecule has 0 unspecified atom stereocenters. The van der Waals surface area contributed by atoms with Crippen LogP contribution in [0.2, 0.25) is 10.0 Å². The molecular weight excluding hydrogens is 797 g/mol. The number of halogens is 2. The van der Waals surface area contributed by atoms with Crippen LogP contribution in [0, 0.1) is 20.8 Å². The molecule has 0 radical (unpaired) electrons. The predicted molar refractivity (Wildman–Crippen MR) is 226 cm³/mol. The number of nitrogens with one attached hydrogen (secondary N) is 3. The van der Waals surface area contributed by atoms with Crippen molar-refractivity contribution in [2.45, 2.75) is 64.5 Å². The summed E-state index contributed by atoms with van der Waals surface area (Å²) in [5.74, 6) is -0.147. The molecule has 1 aliphatic heterocycles. The highest BCUT2D eigenvalue weighted by atomic mass is 35.5. The Labute approximate surface area is 348 Å². The molecule has 1 atom stereocenters. The van der Waals surface area contributed by atoms with Gasteiger partial charge in [0.1, 0.15) is 16.9 Å². The topological polar surface area (TPSA) is 164 Å². The Hall–Kier alpha value is -5.34. The highest BCUT2D eigenvalue weighted by Crippen LogP contribution is 2.46. The van der Waals surface area contributed by atoms with Crippen molar-refractivity contribution in [2.24, 2.45) is 4.99 Å². The van der Waals surface area contributed by atoms with E-state index in [-0.39, 0.29) is 36.8 Å². The summed E-state index contributed by atoms with van der Waals surface area (Å²) >= 11 is 14.5. The first-order valence-electron chi connectivity index (χ1n) is 19.1. The first-order chi connectivity index (χ1) is 27.9. The van der Waals surface area contributed by atoms with Crippen molar-refractivity contribution in [3.8, 4) is 16.1 Å². The van der Waals surface area contributed by atoms with E-state index in [0.717, 1.165) is 68.2 Å². The maximum atomic E-state index is 13.4. The molecule has 4 heterocycles. The minimum atomic E-state index is -1.01. The molecule has 3 aromatic heterocycles. The van der Waals surface area contributed by atoms with Gasteiger partial charge >= 0.3 is 5.97 Å². The Bertz CT molecular complexity index is 2590. The third kappa shape index (κ3) is 7.55. The van der Waals surface area contributed by atoms with E-state index < -0.39 is 17.6 Å². The maximum Gasteiger partial charge on any atom is 0.337 e. The van der Waals surface area contributed by atoms with Gasteiger partial charge < -0.3 is 25.5 Å². The second-order valence-corrected chi connectivity index (χ2v) is 16.8. The average molecular weight is 839 g/mol. The van der Waals surface area contributed by atoms with Crippen molar-refractivity contribution >= 4 is 68.9 Å². The van der Waals surface area contributed by atoms with E-state index in [1.165, 1.54) is 6.20 Å². The molecule has 12 nitrogen and oxygen atoms in total. The lowest BCUT2D eigenvalue weighted by Gasteiger charge is -2.42. The maximum absolute atomic E-state index is 13.4. The smallest absolute Gasteiger partial charge is 0.337 e. The van der Waals surface area contributed by atoms with Crippen molar-refractivity contribution in [1.29, 1.82) is 0 Å². The van der Waals surface area contributed by atoms with Crippen LogP contribution in [-0.2, 0) is 19.9 Å². The van der Waals surface area contributed by atoms with Crippen LogP contribution < -0.4 is 10.6 Å². The summed E-state index contributed by atoms with van der Waals surface area (Å²) in [6, 6.07) is 18.5. The number of carboxylic acids is 1. The number of H-pyrrole nitrogens is 1. The minimum Gasteiger partial charge on any atom is -0.478 e. The van der Waals surface area contributed by atoms with Gasteiger partial charge in [0.25, 0.3) is 0 Å². The third-order valence-electron chi connectivity index (χ3n) is 11.1. The number of aromatic carboxylic acids is 1. The second kappa shape index (κ2) is 16.1. The predicted octanol–water partition coefficient (Wildman–Crippen LogP) is 8.41. The van der Waals surface area contributed by atoms with Gasteiger partial charge in [-0.3, -0.25) is 19.1 Å². The second-order valence-electron chi connectivity index (χ2n) is 14.7. The number of hydrogen-bond acceptors (Lipinski definition) is 8. The molecule has 1 fully saturated rings. The monoisotopic (exact) mass is 837 g/mol. The third-order valence-corrected chi connectivity index (χ3v) is 12.9. The number of aliphatic imine (C=N–C) groups is 1. The Balaban J connectivity index is 0.851. The molecule has 6 aromatic rings. The fourth-order valence-corrected chi connectivity index (χ4v) is 9.34. The number of fused-ring (bicyclic) bond motifs is 4. The lowest BCUT2D eigenvalue weighted by molar-refractivity contribution is -0.124. The number of aromatic nitrogens is 4. The van der Waals surface area contributed by atoms with Crippen molar-refractivity contribution < 1.29 is 24.2 Å². The molecule has 0 spiro atoms. The standard InChI is InChI=1S/C43H41Cl2N7O5S/c1-23-24(2)58-41-38(23)39(27-7-11-29(44)12-8-27)49-35(40-51-50-25(3)52(40)41)21-37(54)46-16-13-36(53)47-17-18-57-43(14-4-15-43)28-9-5-26(6-10-28)30-19-31-32(42(55)56)22-48-34(31)20-33(30)45/h5-12,19-20,22,35,48H,4,13-18,21H2,1-3H3,(H,46,54)(H,47,53)(H,55,56)/t35-/m0/s1. The summed E-state index contributed by atoms with van der Waals surface area (Å²) in [6.07, 6.45) is 4.36. The number of nitrogens with zero attached hydrogens (tertiary/aromatic N) is 4. The van der Waals surface area contributed by atoms with Crippen LogP contribution in [0.15, 0.2) is 71.9 Å². The largest absolute Gasteiger partial charge is 0.478 e. The van der Waals surface area contributed by atoms with Gasteiger partial charge in [0.2, 0.25) is 11.8 Å². The first kappa shape index (κ1) is 39.5. The van der Waals surface area contributed by atoms with Crippen molar-refractivity contribution in [2.75, 3.05) is 19.7 Å². The molecule has 58 heavy (non-hydrogen) atoms. The number of carboxylic acid groups (broad SMARTS) is 1. The van der Waals surface area contributed by atoms with Gasteiger partial charge in [0.15, 0.2) is 5.82 Å². The number of amides is 2. The van der Waals surface area contributed by atoms with E-state index in [0.29, 0.717) is 45.7 Å². The van der Waals surface area contributed by atoms with Gasteiger partial charge in [0, 0.05) is 63.2 Å². The summed E-state index contributed by atoms with van der Waals surface area (Å²) in [5.41, 5.74) is 6.82. The highest BCUT2D eigenvalue weighted by Gasteiger charge is 2.40. The summed E-state index contributed by atoms with van der Waals surface area (Å²) in [5, 5.41) is 26.9. The van der Waals surface area contributed by atoms with E-state index in [1.807, 2.05) is 60.0 Å². The zero-order valence-electron chi connectivity index (χ0n) is 32.1. The summed E-state index contributed by atoms with van der Waals surface area (Å²) in [7, 11) is 0.